The fraction of sp³-hybridized carbons (Fsp3) is 0.357. The van der Waals surface area contributed by atoms with E-state index in [0.29, 0.717) is 23.5 Å². The molecule has 20 heavy (non-hydrogen) atoms. The highest BCUT2D eigenvalue weighted by molar-refractivity contribution is 5.93. The molecule has 6 heteroatoms. The summed E-state index contributed by atoms with van der Waals surface area (Å²) < 4.78 is 11.7. The number of methoxy groups -OCH3 is 1. The zero-order valence-electron chi connectivity index (χ0n) is 11.7. The number of carbonyl (C=O) groups excluding carboxylic acids is 1. The number of hydrogen-bond donors (Lipinski definition) is 0. The number of aromatic nitrogens is 2. The fourth-order valence-corrected chi connectivity index (χ4v) is 1.96. The summed E-state index contributed by atoms with van der Waals surface area (Å²) in [5.41, 5.74) is 0.136. The molecule has 0 saturated carbocycles. The van der Waals surface area contributed by atoms with E-state index in [4.69, 9.17) is 9.47 Å². The number of carbonyl (C=O) groups is 1. The Labute approximate surface area is 116 Å². The van der Waals surface area contributed by atoms with Gasteiger partial charge in [0.1, 0.15) is 11.2 Å². The van der Waals surface area contributed by atoms with Crippen LogP contribution < -0.4 is 10.2 Å². The Morgan fingerprint density at radius 2 is 2.10 bits per heavy atom. The van der Waals surface area contributed by atoms with Crippen molar-refractivity contribution < 1.29 is 14.3 Å². The normalized spacial score (nSPS) is 10.6. The molecule has 0 aliphatic heterocycles. The van der Waals surface area contributed by atoms with Gasteiger partial charge in [-0.2, -0.15) is 4.98 Å². The van der Waals surface area contributed by atoms with Crippen molar-refractivity contribution in [3.8, 4) is 5.88 Å². The molecule has 0 atom stereocenters. The van der Waals surface area contributed by atoms with Crippen molar-refractivity contribution in [1.82, 2.24) is 9.55 Å². The molecule has 0 saturated heterocycles. The van der Waals surface area contributed by atoms with Gasteiger partial charge in [-0.25, -0.2) is 4.79 Å². The summed E-state index contributed by atoms with van der Waals surface area (Å²) in [4.78, 5) is 28.4. The zero-order chi connectivity index (χ0) is 14.7. The molecule has 2 aromatic rings. The van der Waals surface area contributed by atoms with Crippen LogP contribution in [-0.2, 0) is 11.3 Å². The number of aryl methyl sites for hydroxylation is 1. The molecule has 0 radical (unpaired) electrons. The van der Waals surface area contributed by atoms with E-state index in [1.54, 1.807) is 23.6 Å². The minimum Gasteiger partial charge on any atom is -0.481 e. The van der Waals surface area contributed by atoms with Crippen LogP contribution in [0.1, 0.15) is 24.2 Å². The molecular weight excluding hydrogens is 260 g/mol. The molecule has 0 fully saturated rings. The van der Waals surface area contributed by atoms with Gasteiger partial charge in [-0.3, -0.25) is 4.79 Å². The summed E-state index contributed by atoms with van der Waals surface area (Å²) in [6.07, 6.45) is 1.48. The molecule has 0 aliphatic rings. The van der Waals surface area contributed by atoms with E-state index >= 15 is 0 Å². The Morgan fingerprint density at radius 1 is 1.35 bits per heavy atom. The quantitative estimate of drug-likeness (QED) is 0.793. The highest BCUT2D eigenvalue weighted by Gasteiger charge is 2.17. The molecule has 6 nitrogen and oxygen atoms in total. The minimum absolute atomic E-state index is 0.0215. The van der Waals surface area contributed by atoms with Crippen LogP contribution in [-0.4, -0.2) is 29.2 Å². The van der Waals surface area contributed by atoms with Crippen molar-refractivity contribution in [1.29, 1.82) is 0 Å². The van der Waals surface area contributed by atoms with E-state index in [2.05, 4.69) is 4.98 Å². The molecule has 0 aromatic carbocycles. The van der Waals surface area contributed by atoms with Gasteiger partial charge in [0.05, 0.1) is 19.1 Å². The molecule has 0 N–H and O–H groups in total. The maximum Gasteiger partial charge on any atom is 0.343 e. The van der Waals surface area contributed by atoms with Gasteiger partial charge in [0, 0.05) is 18.8 Å². The Hall–Kier alpha value is -2.37. The maximum absolute atomic E-state index is 12.3. The minimum atomic E-state index is -0.614. The first-order valence-corrected chi connectivity index (χ1v) is 6.37. The van der Waals surface area contributed by atoms with Crippen LogP contribution in [0, 0.1) is 0 Å². The van der Waals surface area contributed by atoms with E-state index in [1.165, 1.54) is 13.3 Å². The lowest BCUT2D eigenvalue weighted by Crippen LogP contribution is -2.21. The molecule has 106 valence electrons. The number of nitrogens with zero attached hydrogens (tertiary/aromatic N) is 2. The number of rotatable bonds is 4. The predicted molar refractivity (Wildman–Crippen MR) is 74.2 cm³/mol. The summed E-state index contributed by atoms with van der Waals surface area (Å²) in [5.74, 6) is -0.194. The van der Waals surface area contributed by atoms with Crippen LogP contribution in [0.5, 0.6) is 5.88 Å². The van der Waals surface area contributed by atoms with Gasteiger partial charge in [-0.1, -0.05) is 0 Å². The molecule has 0 unspecified atom stereocenters. The second kappa shape index (κ2) is 5.73. The van der Waals surface area contributed by atoms with Crippen molar-refractivity contribution in [2.45, 2.75) is 20.4 Å². The summed E-state index contributed by atoms with van der Waals surface area (Å²) in [7, 11) is 1.51. The molecule has 0 bridgehead atoms. The predicted octanol–water partition coefficient (Wildman–Crippen LogP) is 1.60. The van der Waals surface area contributed by atoms with Crippen molar-refractivity contribution >= 4 is 17.0 Å². The van der Waals surface area contributed by atoms with Crippen LogP contribution in [0.2, 0.25) is 0 Å². The largest absolute Gasteiger partial charge is 0.481 e. The number of fused-ring (bicyclic) bond motifs is 1. The number of esters is 1. The average molecular weight is 276 g/mol. The van der Waals surface area contributed by atoms with Crippen LogP contribution in [0.25, 0.3) is 11.0 Å². The van der Waals surface area contributed by atoms with Crippen molar-refractivity contribution in [3.05, 3.63) is 34.1 Å². The lowest BCUT2D eigenvalue weighted by Gasteiger charge is -2.11. The molecular formula is C14H16N2O4. The van der Waals surface area contributed by atoms with E-state index in [1.807, 2.05) is 6.92 Å². The lowest BCUT2D eigenvalue weighted by atomic mass is 10.2. The SMILES string of the molecule is CCOC(=O)c1cn(CC)c2nc(OC)ccc2c1=O. The summed E-state index contributed by atoms with van der Waals surface area (Å²) in [5, 5.41) is 0.373. The molecule has 2 aromatic heterocycles. The second-order valence-electron chi connectivity index (χ2n) is 4.10. The van der Waals surface area contributed by atoms with E-state index in [9.17, 15) is 9.59 Å². The van der Waals surface area contributed by atoms with Gasteiger partial charge in [0.25, 0.3) is 0 Å². The topological polar surface area (TPSA) is 70.4 Å². The zero-order valence-corrected chi connectivity index (χ0v) is 11.7. The third-order valence-electron chi connectivity index (χ3n) is 2.94. The van der Waals surface area contributed by atoms with Crippen molar-refractivity contribution in [2.75, 3.05) is 13.7 Å². The van der Waals surface area contributed by atoms with Crippen LogP contribution in [0.3, 0.4) is 0 Å². The number of ether oxygens (including phenoxy) is 2. The van der Waals surface area contributed by atoms with E-state index < -0.39 is 5.97 Å². The van der Waals surface area contributed by atoms with E-state index in [-0.39, 0.29) is 17.6 Å². The smallest absolute Gasteiger partial charge is 0.343 e. The van der Waals surface area contributed by atoms with Crippen molar-refractivity contribution in [3.63, 3.8) is 0 Å². The first-order chi connectivity index (χ1) is 9.62. The van der Waals surface area contributed by atoms with Crippen LogP contribution in [0.4, 0.5) is 0 Å². The van der Waals surface area contributed by atoms with Crippen LogP contribution in [0.15, 0.2) is 23.1 Å². The molecule has 2 rings (SSSR count). The molecule has 0 spiro atoms. The number of hydrogen-bond acceptors (Lipinski definition) is 5. The Morgan fingerprint density at radius 3 is 2.70 bits per heavy atom. The second-order valence-corrected chi connectivity index (χ2v) is 4.10. The van der Waals surface area contributed by atoms with Gasteiger partial charge in [0.2, 0.25) is 11.3 Å². The van der Waals surface area contributed by atoms with Gasteiger partial charge >= 0.3 is 5.97 Å². The Bertz CT molecular complexity index is 706. The van der Waals surface area contributed by atoms with Gasteiger partial charge in [0.15, 0.2) is 0 Å². The summed E-state index contributed by atoms with van der Waals surface area (Å²) in [6.45, 7) is 4.40. The first kappa shape index (κ1) is 14.0. The summed E-state index contributed by atoms with van der Waals surface area (Å²) >= 11 is 0. The van der Waals surface area contributed by atoms with E-state index in [0.717, 1.165) is 0 Å². The van der Waals surface area contributed by atoms with Gasteiger partial charge < -0.3 is 14.0 Å². The fourth-order valence-electron chi connectivity index (χ4n) is 1.96. The third kappa shape index (κ3) is 2.36. The summed E-state index contributed by atoms with van der Waals surface area (Å²) in [6, 6.07) is 3.21. The maximum atomic E-state index is 12.3. The van der Waals surface area contributed by atoms with Crippen molar-refractivity contribution in [2.24, 2.45) is 0 Å². The average Bonchev–Trinajstić information content (AvgIpc) is 2.47. The first-order valence-electron chi connectivity index (χ1n) is 6.37. The molecule has 0 amide bonds. The molecule has 0 aliphatic carbocycles. The third-order valence-corrected chi connectivity index (χ3v) is 2.94. The Balaban J connectivity index is 2.73. The van der Waals surface area contributed by atoms with Gasteiger partial charge in [-0.05, 0) is 19.9 Å². The lowest BCUT2D eigenvalue weighted by molar-refractivity contribution is 0.0524. The van der Waals surface area contributed by atoms with Gasteiger partial charge in [-0.15, -0.1) is 0 Å². The Kier molecular flexibility index (Phi) is 4.02. The highest BCUT2D eigenvalue weighted by atomic mass is 16.5. The van der Waals surface area contributed by atoms with Crippen LogP contribution >= 0.6 is 0 Å². The number of pyridine rings is 2. The standard InChI is InChI=1S/C14H16N2O4/c1-4-16-8-10(14(18)20-5-2)12(17)9-6-7-11(19-3)15-13(9)16/h6-8H,4-5H2,1-3H3. The highest BCUT2D eigenvalue weighted by Crippen LogP contribution is 2.15. The molecule has 2 heterocycles. The monoisotopic (exact) mass is 276 g/mol.